The highest BCUT2D eigenvalue weighted by Gasteiger charge is 2.44. The van der Waals surface area contributed by atoms with Crippen LogP contribution in [-0.2, 0) is 0 Å². The van der Waals surface area contributed by atoms with Crippen LogP contribution in [0.3, 0.4) is 0 Å². The van der Waals surface area contributed by atoms with Crippen LogP contribution in [0.4, 0.5) is 24.7 Å². The van der Waals surface area contributed by atoms with Crippen molar-refractivity contribution < 1.29 is 22.6 Å². The molecule has 36 heavy (non-hydrogen) atoms. The maximum Gasteiger partial charge on any atom is 0.573 e. The SMILES string of the molecule is CN1CCOc2c1c(NCC1CC3(CCNCC3)C1)nn1c(-c3cccc(OC(F)(F)F)c3)nnc21. The fourth-order valence-corrected chi connectivity index (χ4v) is 5.81. The summed E-state index contributed by atoms with van der Waals surface area (Å²) in [4.78, 5) is 2.08. The van der Waals surface area contributed by atoms with E-state index < -0.39 is 6.36 Å². The van der Waals surface area contributed by atoms with Gasteiger partial charge in [0.05, 0.1) is 6.54 Å². The van der Waals surface area contributed by atoms with E-state index in [1.807, 2.05) is 7.05 Å². The summed E-state index contributed by atoms with van der Waals surface area (Å²) >= 11 is 0. The summed E-state index contributed by atoms with van der Waals surface area (Å²) in [6.45, 7) is 4.18. The molecule has 0 radical (unpaired) electrons. The summed E-state index contributed by atoms with van der Waals surface area (Å²) < 4.78 is 49.9. The van der Waals surface area contributed by atoms with Crippen LogP contribution in [0.1, 0.15) is 25.7 Å². The Kier molecular flexibility index (Phi) is 5.58. The van der Waals surface area contributed by atoms with E-state index in [-0.39, 0.29) is 5.75 Å². The van der Waals surface area contributed by atoms with E-state index in [0.29, 0.717) is 53.1 Å². The van der Waals surface area contributed by atoms with Crippen LogP contribution >= 0.6 is 0 Å². The number of piperidine rings is 1. The maximum atomic E-state index is 12.7. The van der Waals surface area contributed by atoms with Crippen LogP contribution in [0.5, 0.6) is 11.5 Å². The molecule has 2 aliphatic heterocycles. The maximum absolute atomic E-state index is 12.7. The number of halogens is 3. The van der Waals surface area contributed by atoms with Crippen molar-refractivity contribution in [3.8, 4) is 22.9 Å². The van der Waals surface area contributed by atoms with Crippen LogP contribution in [0, 0.1) is 11.3 Å². The number of hydrogen-bond acceptors (Lipinski definition) is 8. The van der Waals surface area contributed by atoms with E-state index in [4.69, 9.17) is 9.84 Å². The molecule has 6 rings (SSSR count). The van der Waals surface area contributed by atoms with Crippen LogP contribution in [0.25, 0.3) is 17.0 Å². The number of ether oxygens (including phenoxy) is 2. The molecule has 0 unspecified atom stereocenters. The fraction of sp³-hybridized carbons (Fsp3) is 0.542. The molecule has 1 saturated carbocycles. The molecule has 1 spiro atoms. The van der Waals surface area contributed by atoms with Gasteiger partial charge in [0, 0.05) is 19.2 Å². The van der Waals surface area contributed by atoms with Crippen molar-refractivity contribution in [2.24, 2.45) is 11.3 Å². The molecule has 1 aliphatic carbocycles. The highest BCUT2D eigenvalue weighted by molar-refractivity contribution is 5.82. The molecule has 3 aromatic rings. The topological polar surface area (TPSA) is 88.8 Å². The Morgan fingerprint density at radius 3 is 2.81 bits per heavy atom. The van der Waals surface area contributed by atoms with Crippen molar-refractivity contribution >= 4 is 17.2 Å². The number of hydrogen-bond donors (Lipinski definition) is 2. The second kappa shape index (κ2) is 8.68. The van der Waals surface area contributed by atoms with Crippen LogP contribution < -0.4 is 25.0 Å². The predicted molar refractivity (Wildman–Crippen MR) is 127 cm³/mol. The smallest absolute Gasteiger partial charge is 0.486 e. The number of benzene rings is 1. The summed E-state index contributed by atoms with van der Waals surface area (Å²) in [5.41, 5.74) is 2.12. The van der Waals surface area contributed by atoms with Crippen molar-refractivity contribution in [2.45, 2.75) is 32.0 Å². The second-order valence-corrected chi connectivity index (χ2v) is 10.0. The highest BCUT2D eigenvalue weighted by atomic mass is 19.4. The van der Waals surface area contributed by atoms with Crippen LogP contribution in [0.2, 0.25) is 0 Å². The van der Waals surface area contributed by atoms with Gasteiger partial charge in [0.2, 0.25) is 5.65 Å². The molecule has 2 fully saturated rings. The molecule has 2 aromatic heterocycles. The molecular weight excluding hydrogens is 475 g/mol. The van der Waals surface area contributed by atoms with Gasteiger partial charge < -0.3 is 25.0 Å². The van der Waals surface area contributed by atoms with Gasteiger partial charge >= 0.3 is 6.36 Å². The third kappa shape index (κ3) is 4.27. The predicted octanol–water partition coefficient (Wildman–Crippen LogP) is 3.71. The quantitative estimate of drug-likeness (QED) is 0.545. The van der Waals surface area contributed by atoms with Crippen LogP contribution in [0.15, 0.2) is 24.3 Å². The largest absolute Gasteiger partial charge is 0.573 e. The Morgan fingerprint density at radius 2 is 2.03 bits per heavy atom. The molecule has 3 aliphatic rings. The zero-order valence-electron chi connectivity index (χ0n) is 19.9. The lowest BCUT2D eigenvalue weighted by molar-refractivity contribution is -0.274. The summed E-state index contributed by atoms with van der Waals surface area (Å²) in [7, 11) is 1.98. The lowest BCUT2D eigenvalue weighted by Crippen LogP contribution is -2.47. The average Bonchev–Trinajstić information content (AvgIpc) is 3.25. The first kappa shape index (κ1) is 23.1. The molecule has 1 aromatic carbocycles. The number of rotatable bonds is 5. The number of nitrogens with zero attached hydrogens (tertiary/aromatic N) is 5. The highest BCUT2D eigenvalue weighted by Crippen LogP contribution is 2.51. The number of nitrogens with one attached hydrogen (secondary N) is 2. The first-order chi connectivity index (χ1) is 17.3. The Balaban J connectivity index is 1.31. The zero-order chi connectivity index (χ0) is 24.9. The zero-order valence-corrected chi connectivity index (χ0v) is 19.9. The normalized spacial score (nSPS) is 19.6. The van der Waals surface area contributed by atoms with Gasteiger partial charge in [0.15, 0.2) is 17.4 Å². The van der Waals surface area contributed by atoms with E-state index in [1.54, 1.807) is 6.07 Å². The minimum Gasteiger partial charge on any atom is -0.486 e. The minimum atomic E-state index is -4.79. The van der Waals surface area contributed by atoms with E-state index >= 15 is 0 Å². The van der Waals surface area contributed by atoms with E-state index in [9.17, 15) is 13.2 Å². The van der Waals surface area contributed by atoms with Gasteiger partial charge in [-0.1, -0.05) is 12.1 Å². The monoisotopic (exact) mass is 503 g/mol. The van der Waals surface area contributed by atoms with Crippen LogP contribution in [-0.4, -0.2) is 66.0 Å². The third-order valence-corrected chi connectivity index (χ3v) is 7.53. The van der Waals surface area contributed by atoms with Gasteiger partial charge in [0.25, 0.3) is 0 Å². The number of anilines is 2. The lowest BCUT2D eigenvalue weighted by atomic mass is 9.58. The van der Waals surface area contributed by atoms with Crippen molar-refractivity contribution in [1.82, 2.24) is 25.1 Å². The Morgan fingerprint density at radius 1 is 1.22 bits per heavy atom. The number of likely N-dealkylation sites (N-methyl/N-ethyl adjacent to an activating group) is 1. The fourth-order valence-electron chi connectivity index (χ4n) is 5.81. The molecule has 1 saturated heterocycles. The molecule has 0 bridgehead atoms. The average molecular weight is 504 g/mol. The van der Waals surface area contributed by atoms with Crippen molar-refractivity contribution in [3.63, 3.8) is 0 Å². The van der Waals surface area contributed by atoms with E-state index in [1.165, 1.54) is 48.4 Å². The van der Waals surface area contributed by atoms with E-state index in [2.05, 4.69) is 30.5 Å². The number of fused-ring (bicyclic) bond motifs is 3. The molecular formula is C24H28F3N7O2. The molecule has 4 heterocycles. The minimum absolute atomic E-state index is 0.303. The summed E-state index contributed by atoms with van der Waals surface area (Å²) in [6.07, 6.45) is 0.110. The third-order valence-electron chi connectivity index (χ3n) is 7.53. The Hall–Kier alpha value is -3.28. The standard InChI is InChI=1S/C24H28F3N7O2/c1-33-9-10-35-19-18(33)20(29-14-15-12-23(13-15)5-7-28-8-6-23)32-34-21(30-31-22(19)34)16-3-2-4-17(11-16)36-24(25,26)27/h2-4,11,15,28H,5-10,12-14H2,1H3,(H,29,32). The molecule has 12 heteroatoms. The molecule has 2 N–H and O–H groups in total. The number of aromatic nitrogens is 4. The van der Waals surface area contributed by atoms with E-state index in [0.717, 1.165) is 25.3 Å². The van der Waals surface area contributed by atoms with Gasteiger partial charge in [-0.15, -0.1) is 28.5 Å². The molecule has 9 nitrogen and oxygen atoms in total. The van der Waals surface area contributed by atoms with Gasteiger partial charge in [-0.3, -0.25) is 0 Å². The molecule has 192 valence electrons. The van der Waals surface area contributed by atoms with Gasteiger partial charge in [-0.05, 0) is 62.2 Å². The van der Waals surface area contributed by atoms with Gasteiger partial charge in [-0.2, -0.15) is 4.52 Å². The Labute approximate surface area is 206 Å². The lowest BCUT2D eigenvalue weighted by Gasteiger charge is -2.50. The van der Waals surface area contributed by atoms with Crippen molar-refractivity contribution in [2.75, 3.05) is 50.1 Å². The molecule has 0 atom stereocenters. The second-order valence-electron chi connectivity index (χ2n) is 10.0. The van der Waals surface area contributed by atoms with Gasteiger partial charge in [0.1, 0.15) is 18.0 Å². The summed E-state index contributed by atoms with van der Waals surface area (Å²) in [6, 6.07) is 5.65. The first-order valence-corrected chi connectivity index (χ1v) is 12.2. The van der Waals surface area contributed by atoms with Gasteiger partial charge in [-0.25, -0.2) is 0 Å². The first-order valence-electron chi connectivity index (χ1n) is 12.2. The van der Waals surface area contributed by atoms with Crippen molar-refractivity contribution in [3.05, 3.63) is 24.3 Å². The summed E-state index contributed by atoms with van der Waals surface area (Å²) in [5, 5.41) is 20.3. The Bertz CT molecular complexity index is 1260. The molecule has 0 amide bonds. The van der Waals surface area contributed by atoms with Crippen molar-refractivity contribution in [1.29, 1.82) is 0 Å². The number of alkyl halides is 3. The summed E-state index contributed by atoms with van der Waals surface area (Å²) in [5.74, 6) is 1.75.